The largest absolute Gasteiger partial charge is 0.354 e. The van der Waals surface area contributed by atoms with Crippen molar-refractivity contribution >= 4 is 35.3 Å². The number of nitrogens with zero attached hydrogens (tertiary/aromatic N) is 2. The van der Waals surface area contributed by atoms with E-state index in [2.05, 4.69) is 24.3 Å². The number of thioether (sulfide) groups is 2. The van der Waals surface area contributed by atoms with E-state index in [9.17, 15) is 9.59 Å². The van der Waals surface area contributed by atoms with Crippen LogP contribution in [0, 0.1) is 5.92 Å². The van der Waals surface area contributed by atoms with Crippen LogP contribution in [0.3, 0.4) is 0 Å². The minimum atomic E-state index is -0.441. The van der Waals surface area contributed by atoms with Gasteiger partial charge in [-0.25, -0.2) is 0 Å². The van der Waals surface area contributed by atoms with Crippen molar-refractivity contribution in [3.63, 3.8) is 0 Å². The number of benzene rings is 1. The second-order valence-electron chi connectivity index (χ2n) is 7.84. The van der Waals surface area contributed by atoms with Crippen LogP contribution in [-0.2, 0) is 31.9 Å². The van der Waals surface area contributed by atoms with E-state index >= 15 is 0 Å². The molecule has 1 aromatic rings. The first-order valence-corrected chi connectivity index (χ1v) is 12.3. The van der Waals surface area contributed by atoms with Crippen molar-refractivity contribution < 1.29 is 19.1 Å². The first-order valence-electron chi connectivity index (χ1n) is 10.00. The molecule has 2 heterocycles. The van der Waals surface area contributed by atoms with Crippen molar-refractivity contribution in [1.29, 1.82) is 0 Å². The van der Waals surface area contributed by atoms with Gasteiger partial charge >= 0.3 is 0 Å². The summed E-state index contributed by atoms with van der Waals surface area (Å²) in [5, 5.41) is 0. The third kappa shape index (κ3) is 4.31. The fourth-order valence-corrected chi connectivity index (χ4v) is 6.93. The van der Waals surface area contributed by atoms with Crippen LogP contribution >= 0.6 is 23.5 Å². The number of methoxy groups -OCH3 is 2. The van der Waals surface area contributed by atoms with Crippen LogP contribution in [-0.4, -0.2) is 77.5 Å². The summed E-state index contributed by atoms with van der Waals surface area (Å²) in [6.45, 7) is 0. The fourth-order valence-electron chi connectivity index (χ4n) is 4.56. The molecule has 1 aliphatic carbocycles. The molecule has 0 saturated carbocycles. The summed E-state index contributed by atoms with van der Waals surface area (Å²) in [6, 6.07) is 7.94. The smallest absolute Gasteiger partial charge is 0.247 e. The molecule has 0 bridgehead atoms. The minimum Gasteiger partial charge on any atom is -0.354 e. The Labute approximate surface area is 180 Å². The summed E-state index contributed by atoms with van der Waals surface area (Å²) in [5.74, 6) is 3.12. The number of hydrogen-bond donors (Lipinski definition) is 0. The Morgan fingerprint density at radius 3 is 2.31 bits per heavy atom. The van der Waals surface area contributed by atoms with Crippen molar-refractivity contribution in [3.8, 4) is 0 Å². The molecule has 3 aliphatic rings. The fraction of sp³-hybridized carbons (Fsp3) is 0.619. The van der Waals surface area contributed by atoms with Crippen LogP contribution < -0.4 is 0 Å². The van der Waals surface area contributed by atoms with Crippen molar-refractivity contribution in [2.45, 2.75) is 37.6 Å². The Bertz CT molecular complexity index is 733. The van der Waals surface area contributed by atoms with E-state index in [1.807, 2.05) is 4.90 Å². The predicted molar refractivity (Wildman–Crippen MR) is 116 cm³/mol. The van der Waals surface area contributed by atoms with Crippen LogP contribution in [0.5, 0.6) is 0 Å². The summed E-state index contributed by atoms with van der Waals surface area (Å²) >= 11 is 3.36. The number of carbonyl (C=O) groups excluding carboxylic acids is 2. The van der Waals surface area contributed by atoms with Crippen LogP contribution in [0.15, 0.2) is 24.3 Å². The quantitative estimate of drug-likeness (QED) is 0.638. The highest BCUT2D eigenvalue weighted by Gasteiger charge is 2.43. The summed E-state index contributed by atoms with van der Waals surface area (Å²) < 4.78 is 10.8. The molecule has 2 fully saturated rings. The van der Waals surface area contributed by atoms with Gasteiger partial charge in [-0.15, -0.1) is 23.5 Å². The second-order valence-corrected chi connectivity index (χ2v) is 9.84. The minimum absolute atomic E-state index is 0.0205. The zero-order chi connectivity index (χ0) is 20.4. The Kier molecular flexibility index (Phi) is 6.73. The first kappa shape index (κ1) is 21.0. The molecule has 0 spiro atoms. The van der Waals surface area contributed by atoms with Crippen molar-refractivity contribution in [2.75, 3.05) is 37.5 Å². The lowest BCUT2D eigenvalue weighted by atomic mass is 10.0. The Morgan fingerprint density at radius 1 is 1.03 bits per heavy atom. The van der Waals surface area contributed by atoms with Crippen LogP contribution in [0.25, 0.3) is 0 Å². The van der Waals surface area contributed by atoms with Crippen LogP contribution in [0.1, 0.15) is 17.5 Å². The van der Waals surface area contributed by atoms with Gasteiger partial charge in [0.1, 0.15) is 6.04 Å². The first-order chi connectivity index (χ1) is 14.1. The van der Waals surface area contributed by atoms with Crippen LogP contribution in [0.4, 0.5) is 0 Å². The summed E-state index contributed by atoms with van der Waals surface area (Å²) in [5.41, 5.74) is 2.71. The average molecular weight is 437 g/mol. The number of amides is 2. The molecular weight excluding hydrogens is 408 g/mol. The molecule has 2 amide bonds. The highest BCUT2D eigenvalue weighted by Crippen LogP contribution is 2.33. The van der Waals surface area contributed by atoms with Gasteiger partial charge in [0.15, 0.2) is 6.29 Å². The van der Waals surface area contributed by atoms with E-state index in [0.717, 1.165) is 18.6 Å². The Balaban J connectivity index is 1.39. The molecule has 2 aliphatic heterocycles. The molecule has 0 N–H and O–H groups in total. The second kappa shape index (κ2) is 9.29. The molecular formula is C21H28N2O4S2. The van der Waals surface area contributed by atoms with Gasteiger partial charge in [-0.1, -0.05) is 24.3 Å². The lowest BCUT2D eigenvalue weighted by Gasteiger charge is -2.33. The molecule has 1 aromatic carbocycles. The highest BCUT2D eigenvalue weighted by molar-refractivity contribution is 7.99. The Hall–Kier alpha value is -1.22. The number of hydrogen-bond acceptors (Lipinski definition) is 6. The van der Waals surface area contributed by atoms with Gasteiger partial charge in [0.2, 0.25) is 11.8 Å². The molecule has 29 heavy (non-hydrogen) atoms. The van der Waals surface area contributed by atoms with Gasteiger partial charge in [0, 0.05) is 32.1 Å². The van der Waals surface area contributed by atoms with E-state index in [1.54, 1.807) is 42.6 Å². The molecule has 6 nitrogen and oxygen atoms in total. The molecule has 8 heteroatoms. The SMILES string of the molecule is COC(OC)[C@@H]1CSCN1C(=O)[C@@H]1CSCN1C(=O)CC1Cc2ccccc2C1. The van der Waals surface area contributed by atoms with Crippen molar-refractivity contribution in [3.05, 3.63) is 35.4 Å². The van der Waals surface area contributed by atoms with Gasteiger partial charge in [-0.3, -0.25) is 9.59 Å². The third-order valence-corrected chi connectivity index (χ3v) is 8.12. The van der Waals surface area contributed by atoms with Gasteiger partial charge in [0.05, 0.1) is 17.8 Å². The van der Waals surface area contributed by atoms with Crippen molar-refractivity contribution in [2.24, 2.45) is 5.92 Å². The van der Waals surface area contributed by atoms with Gasteiger partial charge in [-0.05, 0) is 29.9 Å². The number of rotatable bonds is 6. The molecule has 2 atom stereocenters. The number of ether oxygens (including phenoxy) is 2. The molecule has 4 rings (SSSR count). The van der Waals surface area contributed by atoms with Gasteiger partial charge in [0.25, 0.3) is 0 Å². The maximum absolute atomic E-state index is 13.3. The monoisotopic (exact) mass is 436 g/mol. The highest BCUT2D eigenvalue weighted by atomic mass is 32.2. The maximum atomic E-state index is 13.3. The summed E-state index contributed by atoms with van der Waals surface area (Å²) in [7, 11) is 3.20. The molecule has 2 saturated heterocycles. The molecule has 0 unspecified atom stereocenters. The van der Waals surface area contributed by atoms with E-state index in [1.165, 1.54) is 11.1 Å². The standard InChI is InChI=1S/C21H28N2O4S2/c1-26-21(27-2)18-11-29-13-23(18)20(25)17-10-28-12-22(17)19(24)9-14-7-15-5-3-4-6-16(15)8-14/h3-6,14,17-18,21H,7-13H2,1-2H3/t17-,18-/m0/s1. The number of carbonyl (C=O) groups is 2. The summed E-state index contributed by atoms with van der Waals surface area (Å²) in [4.78, 5) is 30.1. The van der Waals surface area contributed by atoms with E-state index in [4.69, 9.17) is 9.47 Å². The zero-order valence-corrected chi connectivity index (χ0v) is 18.5. The van der Waals surface area contributed by atoms with Crippen molar-refractivity contribution in [1.82, 2.24) is 9.80 Å². The topological polar surface area (TPSA) is 59.1 Å². The Morgan fingerprint density at radius 2 is 1.66 bits per heavy atom. The average Bonchev–Trinajstić information content (AvgIpc) is 3.47. The van der Waals surface area contributed by atoms with Gasteiger partial charge in [-0.2, -0.15) is 0 Å². The molecule has 0 aromatic heterocycles. The third-order valence-electron chi connectivity index (χ3n) is 6.07. The lowest BCUT2D eigenvalue weighted by Crippen LogP contribution is -2.54. The zero-order valence-electron chi connectivity index (χ0n) is 16.9. The molecule has 0 radical (unpaired) electrons. The van der Waals surface area contributed by atoms with E-state index in [-0.39, 0.29) is 23.9 Å². The van der Waals surface area contributed by atoms with E-state index in [0.29, 0.717) is 29.8 Å². The summed E-state index contributed by atoms with van der Waals surface area (Å²) in [6.07, 6.45) is 1.98. The maximum Gasteiger partial charge on any atom is 0.247 e. The van der Waals surface area contributed by atoms with E-state index < -0.39 is 6.29 Å². The number of fused-ring (bicyclic) bond motifs is 1. The van der Waals surface area contributed by atoms with Crippen LogP contribution in [0.2, 0.25) is 0 Å². The normalized spacial score (nSPS) is 24.5. The van der Waals surface area contributed by atoms with Gasteiger partial charge < -0.3 is 19.3 Å². The lowest BCUT2D eigenvalue weighted by molar-refractivity contribution is -0.160. The predicted octanol–water partition coefficient (Wildman–Crippen LogP) is 2.21. The molecule has 158 valence electrons.